The number of amides is 4. The molecule has 198 valence electrons. The molecule has 0 unspecified atom stereocenters. The van der Waals surface area contributed by atoms with Crippen LogP contribution >= 0.6 is 11.6 Å². The molecule has 0 saturated carbocycles. The minimum atomic E-state index is -1.23. The number of benzene rings is 1. The number of nitrogens with zero attached hydrogens (tertiary/aromatic N) is 1. The fourth-order valence-electron chi connectivity index (χ4n) is 4.21. The summed E-state index contributed by atoms with van der Waals surface area (Å²) in [5.41, 5.74) is 1.44. The molecule has 0 spiro atoms. The SMILES string of the molecule is O=C(CNC(=O)c1cc2cc(Cl)cnc2[nH]1)N[C@@H](C[C@@H]1CCCNC1=O)C(=O)C(=O)NCc1ccccc1. The van der Waals surface area contributed by atoms with Crippen molar-refractivity contribution in [2.24, 2.45) is 5.92 Å². The van der Waals surface area contributed by atoms with Crippen molar-refractivity contribution in [3.05, 3.63) is 64.9 Å². The lowest BCUT2D eigenvalue weighted by molar-refractivity contribution is -0.141. The van der Waals surface area contributed by atoms with Gasteiger partial charge >= 0.3 is 0 Å². The number of aromatic amines is 1. The summed E-state index contributed by atoms with van der Waals surface area (Å²) in [5.74, 6) is -3.74. The third-order valence-corrected chi connectivity index (χ3v) is 6.39. The largest absolute Gasteiger partial charge is 0.356 e. The number of hydrogen-bond donors (Lipinski definition) is 5. The van der Waals surface area contributed by atoms with Crippen LogP contribution in [0.1, 0.15) is 35.3 Å². The Hall–Kier alpha value is -4.25. The number of hydrogen-bond acceptors (Lipinski definition) is 6. The quantitative estimate of drug-likeness (QED) is 0.244. The van der Waals surface area contributed by atoms with Crippen molar-refractivity contribution in [1.29, 1.82) is 0 Å². The maximum absolute atomic E-state index is 13.0. The molecule has 1 fully saturated rings. The first kappa shape index (κ1) is 26.8. The molecule has 3 aromatic rings. The second-order valence-electron chi connectivity index (χ2n) is 8.98. The molecule has 0 radical (unpaired) electrons. The number of aromatic nitrogens is 2. The first-order valence-electron chi connectivity index (χ1n) is 12.2. The minimum Gasteiger partial charge on any atom is -0.356 e. The lowest BCUT2D eigenvalue weighted by atomic mass is 9.90. The highest BCUT2D eigenvalue weighted by Crippen LogP contribution is 2.19. The minimum absolute atomic E-state index is 0.0302. The van der Waals surface area contributed by atoms with Gasteiger partial charge in [0.1, 0.15) is 11.3 Å². The fraction of sp³-hybridized carbons (Fsp3) is 0.308. The molecule has 1 aliphatic heterocycles. The number of carbonyl (C=O) groups is 5. The number of Topliss-reactive ketones (excluding diaryl/α,β-unsaturated/α-hetero) is 1. The van der Waals surface area contributed by atoms with Crippen LogP contribution in [0.4, 0.5) is 0 Å². The fourth-order valence-corrected chi connectivity index (χ4v) is 4.38. The van der Waals surface area contributed by atoms with E-state index in [-0.39, 0.29) is 24.6 Å². The zero-order chi connectivity index (χ0) is 27.1. The van der Waals surface area contributed by atoms with Gasteiger partial charge in [-0.15, -0.1) is 0 Å². The summed E-state index contributed by atoms with van der Waals surface area (Å²) < 4.78 is 0. The van der Waals surface area contributed by atoms with E-state index in [4.69, 9.17) is 11.6 Å². The normalized spacial score (nSPS) is 15.8. The number of rotatable bonds is 10. The van der Waals surface area contributed by atoms with Crippen molar-refractivity contribution >= 4 is 52.0 Å². The molecule has 11 nitrogen and oxygen atoms in total. The van der Waals surface area contributed by atoms with Crippen molar-refractivity contribution in [1.82, 2.24) is 31.2 Å². The van der Waals surface area contributed by atoms with Crippen molar-refractivity contribution in [3.8, 4) is 0 Å². The van der Waals surface area contributed by atoms with Gasteiger partial charge in [0, 0.05) is 30.6 Å². The Balaban J connectivity index is 1.38. The van der Waals surface area contributed by atoms with E-state index in [1.807, 2.05) is 18.2 Å². The number of piperidine rings is 1. The third kappa shape index (κ3) is 6.94. The summed E-state index contributed by atoms with van der Waals surface area (Å²) in [6, 6.07) is 11.0. The molecule has 2 aromatic heterocycles. The van der Waals surface area contributed by atoms with Crippen LogP contribution in [0.5, 0.6) is 0 Å². The highest BCUT2D eigenvalue weighted by atomic mass is 35.5. The van der Waals surface area contributed by atoms with Gasteiger partial charge in [-0.25, -0.2) is 4.98 Å². The number of fused-ring (bicyclic) bond motifs is 1. The average molecular weight is 539 g/mol. The molecule has 0 aliphatic carbocycles. The molecule has 5 N–H and O–H groups in total. The van der Waals surface area contributed by atoms with Gasteiger partial charge in [-0.3, -0.25) is 24.0 Å². The summed E-state index contributed by atoms with van der Waals surface area (Å²) in [6.45, 7) is 0.227. The van der Waals surface area contributed by atoms with E-state index in [0.717, 1.165) is 12.0 Å². The maximum atomic E-state index is 13.0. The summed E-state index contributed by atoms with van der Waals surface area (Å²) in [7, 11) is 0. The molecule has 2 atom stereocenters. The number of halogens is 1. The van der Waals surface area contributed by atoms with Crippen molar-refractivity contribution in [3.63, 3.8) is 0 Å². The second kappa shape index (κ2) is 12.3. The van der Waals surface area contributed by atoms with Gasteiger partial charge in [0.05, 0.1) is 17.6 Å². The number of H-pyrrole nitrogens is 1. The average Bonchev–Trinajstić information content (AvgIpc) is 3.34. The van der Waals surface area contributed by atoms with E-state index in [9.17, 15) is 24.0 Å². The highest BCUT2D eigenvalue weighted by molar-refractivity contribution is 6.38. The number of nitrogens with one attached hydrogen (secondary N) is 5. The van der Waals surface area contributed by atoms with E-state index in [2.05, 4.69) is 31.2 Å². The first-order chi connectivity index (χ1) is 18.3. The predicted octanol–water partition coefficient (Wildman–Crippen LogP) is 1.23. The molecule has 38 heavy (non-hydrogen) atoms. The smallest absolute Gasteiger partial charge is 0.289 e. The molecule has 1 aromatic carbocycles. The number of carbonyl (C=O) groups excluding carboxylic acids is 5. The maximum Gasteiger partial charge on any atom is 0.289 e. The van der Waals surface area contributed by atoms with Gasteiger partial charge in [0.25, 0.3) is 11.8 Å². The van der Waals surface area contributed by atoms with Crippen molar-refractivity contribution in [2.75, 3.05) is 13.1 Å². The topological polar surface area (TPSA) is 162 Å². The standard InChI is InChI=1S/C26H27ClN6O5/c27-18-9-17-11-20(33-23(17)29-13-18)25(37)31-14-21(34)32-19(10-16-7-4-8-28-24(16)36)22(35)26(38)30-12-15-5-2-1-3-6-15/h1-3,5-6,9,11,13,16,19H,4,7-8,10,12,14H2,(H,28,36)(H,29,33)(H,30,38)(H,31,37)(H,32,34)/t16-,19-/m0/s1. The molecular weight excluding hydrogens is 512 g/mol. The van der Waals surface area contributed by atoms with Gasteiger partial charge < -0.3 is 26.3 Å². The van der Waals surface area contributed by atoms with Gasteiger partial charge in [-0.05, 0) is 37.0 Å². The van der Waals surface area contributed by atoms with Crippen LogP contribution in [0, 0.1) is 5.92 Å². The summed E-state index contributed by atoms with van der Waals surface area (Å²) in [6.07, 6.45) is 2.67. The van der Waals surface area contributed by atoms with Crippen LogP contribution in [0.25, 0.3) is 11.0 Å². The lowest BCUT2D eigenvalue weighted by Crippen LogP contribution is -2.52. The number of ketones is 1. The van der Waals surface area contributed by atoms with E-state index in [1.54, 1.807) is 24.3 Å². The van der Waals surface area contributed by atoms with Crippen LogP contribution in [0.2, 0.25) is 5.02 Å². The van der Waals surface area contributed by atoms with Crippen LogP contribution in [0.15, 0.2) is 48.7 Å². The van der Waals surface area contributed by atoms with Gasteiger partial charge in [-0.2, -0.15) is 0 Å². The van der Waals surface area contributed by atoms with E-state index < -0.39 is 42.0 Å². The van der Waals surface area contributed by atoms with E-state index in [1.165, 1.54) is 6.20 Å². The van der Waals surface area contributed by atoms with E-state index >= 15 is 0 Å². The Kier molecular flexibility index (Phi) is 8.70. The Labute approximate surface area is 223 Å². The van der Waals surface area contributed by atoms with Crippen LogP contribution in [0.3, 0.4) is 0 Å². The molecule has 12 heteroatoms. The molecule has 1 aliphatic rings. The van der Waals surface area contributed by atoms with Crippen molar-refractivity contribution < 1.29 is 24.0 Å². The Morgan fingerprint density at radius 2 is 1.89 bits per heavy atom. The predicted molar refractivity (Wildman–Crippen MR) is 139 cm³/mol. The first-order valence-corrected chi connectivity index (χ1v) is 12.5. The zero-order valence-electron chi connectivity index (χ0n) is 20.4. The van der Waals surface area contributed by atoms with Gasteiger partial charge in [0.2, 0.25) is 17.6 Å². The molecule has 4 rings (SSSR count). The molecular formula is C26H27ClN6O5. The summed E-state index contributed by atoms with van der Waals surface area (Å²) >= 11 is 5.93. The van der Waals surface area contributed by atoms with Crippen molar-refractivity contribution in [2.45, 2.75) is 31.8 Å². The third-order valence-electron chi connectivity index (χ3n) is 6.18. The molecule has 3 heterocycles. The Morgan fingerprint density at radius 1 is 1.11 bits per heavy atom. The second-order valence-corrected chi connectivity index (χ2v) is 9.41. The zero-order valence-corrected chi connectivity index (χ0v) is 21.1. The summed E-state index contributed by atoms with van der Waals surface area (Å²) in [4.78, 5) is 70.1. The number of pyridine rings is 1. The van der Waals surface area contributed by atoms with Gasteiger partial charge in [-0.1, -0.05) is 41.9 Å². The lowest BCUT2D eigenvalue weighted by Gasteiger charge is -2.26. The molecule has 4 amide bonds. The van der Waals surface area contributed by atoms with Gasteiger partial charge in [0.15, 0.2) is 0 Å². The molecule has 0 bridgehead atoms. The Bertz CT molecular complexity index is 1360. The molecule has 1 saturated heterocycles. The van der Waals surface area contributed by atoms with E-state index in [0.29, 0.717) is 29.0 Å². The van der Waals surface area contributed by atoms with Crippen LogP contribution in [-0.4, -0.2) is 58.5 Å². The monoisotopic (exact) mass is 538 g/mol. The van der Waals surface area contributed by atoms with Crippen LogP contribution in [-0.2, 0) is 25.7 Å². The summed E-state index contributed by atoms with van der Waals surface area (Å²) in [5, 5.41) is 11.3. The highest BCUT2D eigenvalue weighted by Gasteiger charge is 2.33. The van der Waals surface area contributed by atoms with Crippen LogP contribution < -0.4 is 21.3 Å². The Morgan fingerprint density at radius 3 is 2.66 bits per heavy atom.